The number of anilines is 2. The number of fused-ring (bicyclic) bond motifs is 2. The normalized spacial score (nSPS) is 20.8. The number of likely N-dealkylation sites (tertiary alicyclic amines) is 1. The number of piperidine rings is 1. The second kappa shape index (κ2) is 13.1. The van der Waals surface area contributed by atoms with Crippen LogP contribution in [0, 0.1) is 16.7 Å². The van der Waals surface area contributed by atoms with Gasteiger partial charge in [-0.3, -0.25) is 9.80 Å². The molecule has 1 atom stereocenters. The monoisotopic (exact) mass is 645 g/mol. The zero-order chi connectivity index (χ0) is 32.5. The molecule has 0 bridgehead atoms. The average molecular weight is 646 g/mol. The number of ether oxygens (including phenoxy) is 1. The molecule has 1 aromatic heterocycles. The van der Waals surface area contributed by atoms with E-state index in [0.29, 0.717) is 38.7 Å². The number of halogens is 1. The van der Waals surface area contributed by atoms with Gasteiger partial charge >= 0.3 is 12.1 Å². The molecule has 3 aliphatic heterocycles. The Balaban J connectivity index is 1.36. The largest absolute Gasteiger partial charge is 0.465 e. The molecule has 2 fully saturated rings. The van der Waals surface area contributed by atoms with Crippen molar-refractivity contribution < 1.29 is 14.6 Å². The number of rotatable bonds is 7. The van der Waals surface area contributed by atoms with Gasteiger partial charge in [-0.15, -0.1) is 0 Å². The van der Waals surface area contributed by atoms with Crippen LogP contribution in [0.3, 0.4) is 0 Å². The van der Waals surface area contributed by atoms with Crippen LogP contribution in [-0.4, -0.2) is 88.9 Å². The molecule has 46 heavy (non-hydrogen) atoms. The Kier molecular flexibility index (Phi) is 9.17. The summed E-state index contributed by atoms with van der Waals surface area (Å²) in [6.45, 7) is 12.0. The van der Waals surface area contributed by atoms with E-state index in [-0.39, 0.29) is 13.0 Å². The summed E-state index contributed by atoms with van der Waals surface area (Å²) in [6, 6.07) is 14.9. The van der Waals surface area contributed by atoms with Gasteiger partial charge in [-0.1, -0.05) is 63.1 Å². The number of nitriles is 1. The lowest BCUT2D eigenvalue weighted by Gasteiger charge is -2.55. The Morgan fingerprint density at radius 1 is 1.04 bits per heavy atom. The summed E-state index contributed by atoms with van der Waals surface area (Å²) in [5.41, 5.74) is 1.60. The van der Waals surface area contributed by atoms with E-state index in [0.717, 1.165) is 64.7 Å². The number of hydrogen-bond acceptors (Lipinski definition) is 8. The van der Waals surface area contributed by atoms with Crippen molar-refractivity contribution in [1.82, 2.24) is 19.8 Å². The van der Waals surface area contributed by atoms with Crippen molar-refractivity contribution in [3.8, 4) is 12.1 Å². The Morgan fingerprint density at radius 3 is 2.52 bits per heavy atom. The van der Waals surface area contributed by atoms with Crippen molar-refractivity contribution in [3.63, 3.8) is 0 Å². The summed E-state index contributed by atoms with van der Waals surface area (Å²) in [7, 11) is 0. The summed E-state index contributed by atoms with van der Waals surface area (Å²) in [5.74, 6) is 0.783. The van der Waals surface area contributed by atoms with Crippen LogP contribution < -0.4 is 14.5 Å². The van der Waals surface area contributed by atoms with E-state index in [9.17, 15) is 15.2 Å². The van der Waals surface area contributed by atoms with Crippen molar-refractivity contribution >= 4 is 40.0 Å². The summed E-state index contributed by atoms with van der Waals surface area (Å²) < 4.78 is 6.28. The first-order chi connectivity index (χ1) is 22.1. The van der Waals surface area contributed by atoms with Gasteiger partial charge in [0, 0.05) is 49.4 Å². The van der Waals surface area contributed by atoms with Crippen LogP contribution in [0.4, 0.5) is 16.3 Å². The van der Waals surface area contributed by atoms with Crippen LogP contribution in [0.1, 0.15) is 57.7 Å². The predicted octanol–water partition coefficient (Wildman–Crippen LogP) is 6.21. The maximum Gasteiger partial charge on any atom is 0.407 e. The Bertz CT molecular complexity index is 1630. The van der Waals surface area contributed by atoms with Gasteiger partial charge in [-0.25, -0.2) is 4.79 Å². The van der Waals surface area contributed by atoms with Gasteiger partial charge in [0.1, 0.15) is 12.4 Å². The van der Waals surface area contributed by atoms with Crippen molar-refractivity contribution in [2.24, 2.45) is 5.41 Å². The molecule has 4 heterocycles. The third kappa shape index (κ3) is 6.15. The fraction of sp³-hybridized carbons (Fsp3) is 0.543. The number of carboxylic acid groups (broad SMARTS) is 1. The Labute approximate surface area is 276 Å². The number of aromatic nitrogens is 2. The highest BCUT2D eigenvalue weighted by atomic mass is 35.5. The molecule has 3 aromatic rings. The number of hydrogen-bond donors (Lipinski definition) is 1. The lowest BCUT2D eigenvalue weighted by Crippen LogP contribution is -2.69. The number of amides is 1. The topological polar surface area (TPSA) is 109 Å². The van der Waals surface area contributed by atoms with Crippen molar-refractivity contribution in [3.05, 3.63) is 52.7 Å². The van der Waals surface area contributed by atoms with Crippen LogP contribution in [-0.2, 0) is 13.0 Å². The minimum atomic E-state index is -0.999. The predicted molar refractivity (Wildman–Crippen MR) is 181 cm³/mol. The van der Waals surface area contributed by atoms with E-state index in [4.69, 9.17) is 26.3 Å². The van der Waals surface area contributed by atoms with Gasteiger partial charge in [0.2, 0.25) is 0 Å². The first kappa shape index (κ1) is 32.1. The lowest BCUT2D eigenvalue weighted by atomic mass is 9.69. The highest BCUT2D eigenvalue weighted by Crippen LogP contribution is 2.43. The fourth-order valence-electron chi connectivity index (χ4n) is 7.47. The molecule has 10 nitrogen and oxygen atoms in total. The molecular weight excluding hydrogens is 602 g/mol. The third-order valence-electron chi connectivity index (χ3n) is 10.1. The molecule has 0 spiro atoms. The third-order valence-corrected chi connectivity index (χ3v) is 10.5. The van der Waals surface area contributed by atoms with Gasteiger partial charge in [0.05, 0.1) is 35.3 Å². The van der Waals surface area contributed by atoms with Crippen LogP contribution in [0.2, 0.25) is 5.02 Å². The molecule has 1 amide bonds. The van der Waals surface area contributed by atoms with Crippen molar-refractivity contribution in [2.75, 3.05) is 62.2 Å². The van der Waals surface area contributed by atoms with E-state index in [1.807, 2.05) is 32.9 Å². The molecule has 2 aromatic carbocycles. The standard InChI is InChI=1S/C35H44ClN7O3/c1-34(2,3)35(14-15-37)24-42(19-20-43(35)33(44)45)31-26-13-18-41(29-12-8-10-25-9-7-11-27(36)30(25)29)23-28(26)38-32(39-31)46-22-21-40-16-5-4-6-17-40/h7-12H,4-6,13-14,16-24H2,1-3H3,(H,44,45)/t35-/m1/s1. The molecule has 0 unspecified atom stereocenters. The van der Waals surface area contributed by atoms with Gasteiger partial charge < -0.3 is 19.6 Å². The van der Waals surface area contributed by atoms with E-state index in [1.165, 1.54) is 24.2 Å². The summed E-state index contributed by atoms with van der Waals surface area (Å²) in [6.07, 6.45) is 3.51. The number of piperazine rings is 1. The number of benzene rings is 2. The molecule has 1 N–H and O–H groups in total. The summed E-state index contributed by atoms with van der Waals surface area (Å²) >= 11 is 6.73. The van der Waals surface area contributed by atoms with Crippen LogP contribution in [0.5, 0.6) is 6.01 Å². The first-order valence-electron chi connectivity index (χ1n) is 16.4. The molecule has 2 saturated heterocycles. The smallest absolute Gasteiger partial charge is 0.407 e. The number of carbonyl (C=O) groups is 1. The molecule has 0 saturated carbocycles. The van der Waals surface area contributed by atoms with E-state index >= 15 is 0 Å². The quantitative estimate of drug-likeness (QED) is 0.321. The summed E-state index contributed by atoms with van der Waals surface area (Å²) in [5, 5.41) is 23.0. The SMILES string of the molecule is CC(C)(C)[C@@]1(CC#N)CN(c2nc(OCCN3CCCCC3)nc3c2CCN(c2cccc4cccc(Cl)c24)C3)CCN1C(=O)O. The molecule has 3 aliphatic rings. The minimum absolute atomic E-state index is 0.0847. The van der Waals surface area contributed by atoms with Crippen molar-refractivity contribution in [2.45, 2.75) is 65.0 Å². The zero-order valence-electron chi connectivity index (χ0n) is 27.1. The highest BCUT2D eigenvalue weighted by Gasteiger charge is 2.52. The van der Waals surface area contributed by atoms with E-state index < -0.39 is 17.0 Å². The van der Waals surface area contributed by atoms with Gasteiger partial charge in [-0.2, -0.15) is 15.2 Å². The van der Waals surface area contributed by atoms with E-state index in [1.54, 1.807) is 0 Å². The average Bonchev–Trinajstić information content (AvgIpc) is 3.04. The maximum absolute atomic E-state index is 12.5. The Hall–Kier alpha value is -3.81. The molecule has 6 rings (SSSR count). The van der Waals surface area contributed by atoms with Crippen LogP contribution in [0.15, 0.2) is 36.4 Å². The minimum Gasteiger partial charge on any atom is -0.465 e. The van der Waals surface area contributed by atoms with Gasteiger partial charge in [0.25, 0.3) is 0 Å². The van der Waals surface area contributed by atoms with Crippen molar-refractivity contribution in [1.29, 1.82) is 5.26 Å². The van der Waals surface area contributed by atoms with Gasteiger partial charge in [0.15, 0.2) is 0 Å². The molecule has 0 aliphatic carbocycles. The number of nitrogens with zero attached hydrogens (tertiary/aromatic N) is 7. The second-order valence-corrected chi connectivity index (χ2v) is 14.2. The first-order valence-corrected chi connectivity index (χ1v) is 16.8. The maximum atomic E-state index is 12.5. The summed E-state index contributed by atoms with van der Waals surface area (Å²) in [4.78, 5) is 30.9. The second-order valence-electron chi connectivity index (χ2n) is 13.8. The van der Waals surface area contributed by atoms with E-state index in [2.05, 4.69) is 45.0 Å². The molecular formula is C35H44ClN7O3. The van der Waals surface area contributed by atoms with Crippen LogP contribution in [0.25, 0.3) is 10.8 Å². The lowest BCUT2D eigenvalue weighted by molar-refractivity contribution is -0.00290. The molecule has 244 valence electrons. The van der Waals surface area contributed by atoms with Crippen LogP contribution >= 0.6 is 11.6 Å². The molecule has 0 radical (unpaired) electrons. The molecule has 11 heteroatoms. The Morgan fingerprint density at radius 2 is 1.80 bits per heavy atom. The fourth-order valence-corrected chi connectivity index (χ4v) is 7.75. The zero-order valence-corrected chi connectivity index (χ0v) is 27.9. The highest BCUT2D eigenvalue weighted by molar-refractivity contribution is 6.36. The van der Waals surface area contributed by atoms with Gasteiger partial charge in [-0.05, 0) is 55.3 Å².